The number of nitrogens with zero attached hydrogens (tertiary/aromatic N) is 2. The fourth-order valence-corrected chi connectivity index (χ4v) is 2.00. The largest absolute Gasteiger partial charge is 0.359 e. The Morgan fingerprint density at radius 2 is 2.31 bits per heavy atom. The summed E-state index contributed by atoms with van der Waals surface area (Å²) in [5, 5.41) is 3.92. The van der Waals surface area contributed by atoms with Crippen molar-refractivity contribution in [3.63, 3.8) is 0 Å². The van der Waals surface area contributed by atoms with Gasteiger partial charge in [0.2, 0.25) is 0 Å². The first-order chi connectivity index (χ1) is 6.18. The van der Waals surface area contributed by atoms with E-state index in [0.29, 0.717) is 12.1 Å². The maximum Gasteiger partial charge on any atom is 0.154 e. The lowest BCUT2D eigenvalue weighted by atomic mass is 10.1. The molecule has 3 nitrogen and oxygen atoms in total. The molecular formula is C10H16N2O. The normalized spacial score (nSPS) is 29.8. The zero-order valence-corrected chi connectivity index (χ0v) is 8.45. The van der Waals surface area contributed by atoms with Crippen LogP contribution in [0.3, 0.4) is 0 Å². The topological polar surface area (TPSA) is 29.3 Å². The second-order valence-corrected chi connectivity index (χ2v) is 3.98. The Kier molecular flexibility index (Phi) is 2.12. The van der Waals surface area contributed by atoms with Crippen molar-refractivity contribution in [1.82, 2.24) is 10.1 Å². The van der Waals surface area contributed by atoms with E-state index in [2.05, 4.69) is 24.0 Å². The summed E-state index contributed by atoms with van der Waals surface area (Å²) in [4.78, 5) is 2.36. The van der Waals surface area contributed by atoms with Crippen LogP contribution in [-0.4, -0.2) is 23.1 Å². The molecule has 0 amide bonds. The van der Waals surface area contributed by atoms with E-state index in [1.165, 1.54) is 12.8 Å². The monoisotopic (exact) mass is 180 g/mol. The fraction of sp³-hybridized carbons (Fsp3) is 0.700. The molecule has 13 heavy (non-hydrogen) atoms. The lowest BCUT2D eigenvalue weighted by Gasteiger charge is -2.20. The van der Waals surface area contributed by atoms with Gasteiger partial charge in [-0.2, -0.15) is 0 Å². The Hall–Kier alpha value is -0.830. The summed E-state index contributed by atoms with van der Waals surface area (Å²) in [5.41, 5.74) is 0.975. The molecule has 0 aliphatic carbocycles. The molecule has 0 N–H and O–H groups in total. The first-order valence-electron chi connectivity index (χ1n) is 4.83. The van der Waals surface area contributed by atoms with Gasteiger partial charge in [0.05, 0.1) is 11.7 Å². The molecule has 1 aliphatic heterocycles. The van der Waals surface area contributed by atoms with Crippen molar-refractivity contribution in [3.05, 3.63) is 17.5 Å². The number of rotatable bonds is 1. The third kappa shape index (κ3) is 1.48. The Balaban J connectivity index is 2.18. The molecule has 1 fully saturated rings. The first-order valence-corrected chi connectivity index (χ1v) is 4.83. The molecule has 2 rings (SSSR count). The van der Waals surface area contributed by atoms with Crippen LogP contribution >= 0.6 is 0 Å². The van der Waals surface area contributed by atoms with Gasteiger partial charge in [0.15, 0.2) is 5.76 Å². The predicted molar refractivity (Wildman–Crippen MR) is 50.4 cm³/mol. The smallest absolute Gasteiger partial charge is 0.154 e. The van der Waals surface area contributed by atoms with Crippen molar-refractivity contribution in [2.45, 2.75) is 38.8 Å². The van der Waals surface area contributed by atoms with Gasteiger partial charge >= 0.3 is 0 Å². The molecule has 1 saturated heterocycles. The molecule has 72 valence electrons. The molecule has 3 heteroatoms. The summed E-state index contributed by atoms with van der Waals surface area (Å²) in [6, 6.07) is 3.14. The van der Waals surface area contributed by atoms with Crippen molar-refractivity contribution in [2.24, 2.45) is 0 Å². The molecule has 0 saturated carbocycles. The molecule has 1 aromatic heterocycles. The van der Waals surface area contributed by atoms with Gasteiger partial charge in [0, 0.05) is 12.1 Å². The number of hydrogen-bond donors (Lipinski definition) is 0. The van der Waals surface area contributed by atoms with Crippen molar-refractivity contribution >= 4 is 0 Å². The Labute approximate surface area is 78.7 Å². The van der Waals surface area contributed by atoms with Gasteiger partial charge in [-0.3, -0.25) is 4.90 Å². The molecule has 2 heterocycles. The SMILES string of the molecule is Cc1cc([C@@H]2CC[C@@H](C)N2C)on1. The van der Waals surface area contributed by atoms with Crippen LogP contribution in [-0.2, 0) is 0 Å². The fourth-order valence-electron chi connectivity index (χ4n) is 2.00. The van der Waals surface area contributed by atoms with Gasteiger partial charge in [-0.15, -0.1) is 0 Å². The summed E-state index contributed by atoms with van der Waals surface area (Å²) in [7, 11) is 2.15. The molecule has 0 aromatic carbocycles. The Bertz CT molecular complexity index is 295. The average molecular weight is 180 g/mol. The summed E-state index contributed by atoms with van der Waals surface area (Å²) in [6.07, 6.45) is 2.44. The van der Waals surface area contributed by atoms with Gasteiger partial charge in [0.1, 0.15) is 0 Å². The second kappa shape index (κ2) is 3.14. The molecule has 2 atom stereocenters. The van der Waals surface area contributed by atoms with Crippen LogP contribution < -0.4 is 0 Å². The van der Waals surface area contributed by atoms with Crippen LogP contribution in [0.5, 0.6) is 0 Å². The minimum Gasteiger partial charge on any atom is -0.359 e. The lowest BCUT2D eigenvalue weighted by molar-refractivity contribution is 0.215. The highest BCUT2D eigenvalue weighted by atomic mass is 16.5. The van der Waals surface area contributed by atoms with E-state index in [1.54, 1.807) is 0 Å². The standard InChI is InChI=1S/C10H16N2O/c1-7-6-10(13-11-7)9-5-4-8(2)12(9)3/h6,8-9H,4-5H2,1-3H3/t8-,9+/m1/s1. The number of likely N-dealkylation sites (tertiary alicyclic amines) is 1. The molecule has 0 radical (unpaired) electrons. The highest BCUT2D eigenvalue weighted by Gasteiger charge is 2.30. The van der Waals surface area contributed by atoms with Crippen LogP contribution in [0.25, 0.3) is 0 Å². The van der Waals surface area contributed by atoms with E-state index >= 15 is 0 Å². The summed E-state index contributed by atoms with van der Waals surface area (Å²) < 4.78 is 5.28. The highest BCUT2D eigenvalue weighted by Crippen LogP contribution is 2.34. The molecule has 0 bridgehead atoms. The Morgan fingerprint density at radius 3 is 2.77 bits per heavy atom. The van der Waals surface area contributed by atoms with Crippen LogP contribution in [0.2, 0.25) is 0 Å². The number of hydrogen-bond acceptors (Lipinski definition) is 3. The van der Waals surface area contributed by atoms with Gasteiger partial charge in [-0.05, 0) is 33.7 Å². The Morgan fingerprint density at radius 1 is 1.54 bits per heavy atom. The average Bonchev–Trinajstić information content (AvgIpc) is 2.62. The molecule has 1 aliphatic rings. The third-order valence-corrected chi connectivity index (χ3v) is 3.02. The minimum absolute atomic E-state index is 0.441. The van der Waals surface area contributed by atoms with E-state index in [-0.39, 0.29) is 0 Å². The van der Waals surface area contributed by atoms with Gasteiger partial charge in [-0.1, -0.05) is 5.16 Å². The van der Waals surface area contributed by atoms with E-state index in [4.69, 9.17) is 4.52 Å². The summed E-state index contributed by atoms with van der Waals surface area (Å²) in [5.74, 6) is 1.02. The van der Waals surface area contributed by atoms with E-state index < -0.39 is 0 Å². The molecule has 0 unspecified atom stereocenters. The van der Waals surface area contributed by atoms with Gasteiger partial charge < -0.3 is 4.52 Å². The lowest BCUT2D eigenvalue weighted by Crippen LogP contribution is -2.24. The third-order valence-electron chi connectivity index (χ3n) is 3.02. The zero-order valence-electron chi connectivity index (χ0n) is 8.45. The minimum atomic E-state index is 0.441. The van der Waals surface area contributed by atoms with Gasteiger partial charge in [0.25, 0.3) is 0 Å². The van der Waals surface area contributed by atoms with Crippen molar-refractivity contribution in [1.29, 1.82) is 0 Å². The van der Waals surface area contributed by atoms with Gasteiger partial charge in [-0.25, -0.2) is 0 Å². The zero-order chi connectivity index (χ0) is 9.42. The summed E-state index contributed by atoms with van der Waals surface area (Å²) in [6.45, 7) is 4.22. The molecule has 0 spiro atoms. The molecule has 1 aromatic rings. The van der Waals surface area contributed by atoms with Crippen LogP contribution in [0.1, 0.15) is 37.3 Å². The number of aromatic nitrogens is 1. The summed E-state index contributed by atoms with van der Waals surface area (Å²) >= 11 is 0. The maximum atomic E-state index is 5.28. The van der Waals surface area contributed by atoms with E-state index in [1.807, 2.05) is 13.0 Å². The predicted octanol–water partition coefficient (Wildman–Crippen LogP) is 2.14. The van der Waals surface area contributed by atoms with E-state index in [9.17, 15) is 0 Å². The van der Waals surface area contributed by atoms with Crippen molar-refractivity contribution in [2.75, 3.05) is 7.05 Å². The first kappa shape index (κ1) is 8.75. The highest BCUT2D eigenvalue weighted by molar-refractivity contribution is 5.09. The van der Waals surface area contributed by atoms with Crippen molar-refractivity contribution in [3.8, 4) is 0 Å². The van der Waals surface area contributed by atoms with Crippen LogP contribution in [0.4, 0.5) is 0 Å². The maximum absolute atomic E-state index is 5.28. The second-order valence-electron chi connectivity index (χ2n) is 3.98. The number of aryl methyl sites for hydroxylation is 1. The van der Waals surface area contributed by atoms with Crippen molar-refractivity contribution < 1.29 is 4.52 Å². The van der Waals surface area contributed by atoms with E-state index in [0.717, 1.165) is 11.5 Å². The van der Waals surface area contributed by atoms with Crippen LogP contribution in [0, 0.1) is 6.92 Å². The quantitative estimate of drug-likeness (QED) is 0.663. The van der Waals surface area contributed by atoms with Crippen LogP contribution in [0.15, 0.2) is 10.6 Å². The molecular weight excluding hydrogens is 164 g/mol.